The molecule has 0 fully saturated rings. The number of halogens is 2. The van der Waals surface area contributed by atoms with E-state index in [1.54, 1.807) is 6.92 Å². The molecule has 3 N–H and O–H groups in total. The van der Waals surface area contributed by atoms with Gasteiger partial charge in [0.1, 0.15) is 10.0 Å². The number of nitrogens with two attached hydrogens (primary N) is 1. The second-order valence-corrected chi connectivity index (χ2v) is 6.42. The Balaban J connectivity index is 2.43. The molecule has 0 amide bonds. The number of benzene rings is 1. The van der Waals surface area contributed by atoms with Gasteiger partial charge in [0.2, 0.25) is 5.95 Å². The number of aromatic nitrogens is 2. The van der Waals surface area contributed by atoms with Crippen LogP contribution in [-0.4, -0.2) is 18.4 Å². The molecular weight excluding hydrogens is 323 g/mol. The van der Waals surface area contributed by atoms with Gasteiger partial charge in [-0.1, -0.05) is 23.2 Å². The summed E-state index contributed by atoms with van der Waals surface area (Å²) < 4.78 is 26.7. The number of nitrogens with one attached hydrogen (secondary N) is 1. The van der Waals surface area contributed by atoms with Crippen molar-refractivity contribution in [3.63, 3.8) is 0 Å². The van der Waals surface area contributed by atoms with E-state index in [0.29, 0.717) is 5.69 Å². The van der Waals surface area contributed by atoms with Gasteiger partial charge in [-0.15, -0.1) is 0 Å². The topological polar surface area (TPSA) is 98.0 Å². The van der Waals surface area contributed by atoms with Crippen molar-refractivity contribution in [2.45, 2.75) is 11.8 Å². The SMILES string of the molecule is Cc1cc(Cl)nc(NS(=O)(=O)c2cc(Cl)ccc2N)n1. The first-order chi connectivity index (χ1) is 9.28. The molecule has 0 aliphatic heterocycles. The molecule has 0 aliphatic rings. The van der Waals surface area contributed by atoms with E-state index in [2.05, 4.69) is 14.7 Å². The number of hydrogen-bond donors (Lipinski definition) is 2. The monoisotopic (exact) mass is 332 g/mol. The molecule has 0 saturated heterocycles. The minimum Gasteiger partial charge on any atom is -0.398 e. The van der Waals surface area contributed by atoms with Crippen LogP contribution in [0.25, 0.3) is 0 Å². The number of sulfonamides is 1. The average molecular weight is 333 g/mol. The Morgan fingerprint density at radius 3 is 2.55 bits per heavy atom. The van der Waals surface area contributed by atoms with E-state index in [9.17, 15) is 8.42 Å². The summed E-state index contributed by atoms with van der Waals surface area (Å²) in [5.74, 6) is -0.130. The highest BCUT2D eigenvalue weighted by Crippen LogP contribution is 2.24. The summed E-state index contributed by atoms with van der Waals surface area (Å²) >= 11 is 11.5. The number of anilines is 2. The number of rotatable bonds is 3. The number of hydrogen-bond acceptors (Lipinski definition) is 5. The van der Waals surface area contributed by atoms with Crippen molar-refractivity contribution < 1.29 is 8.42 Å². The van der Waals surface area contributed by atoms with E-state index in [-0.39, 0.29) is 26.7 Å². The summed E-state index contributed by atoms with van der Waals surface area (Å²) in [6.45, 7) is 1.67. The van der Waals surface area contributed by atoms with Gasteiger partial charge in [0, 0.05) is 10.7 Å². The lowest BCUT2D eigenvalue weighted by Gasteiger charge is -2.09. The van der Waals surface area contributed by atoms with Crippen molar-refractivity contribution in [2.75, 3.05) is 10.5 Å². The van der Waals surface area contributed by atoms with E-state index in [1.807, 2.05) is 0 Å². The Morgan fingerprint density at radius 2 is 1.90 bits per heavy atom. The second kappa shape index (κ2) is 5.43. The number of nitrogen functional groups attached to an aromatic ring is 1. The molecule has 0 bridgehead atoms. The van der Waals surface area contributed by atoms with Crippen LogP contribution < -0.4 is 10.5 Å². The molecule has 1 aromatic carbocycles. The van der Waals surface area contributed by atoms with Gasteiger partial charge in [0.05, 0.1) is 5.69 Å². The van der Waals surface area contributed by atoms with Gasteiger partial charge < -0.3 is 5.73 Å². The maximum absolute atomic E-state index is 12.2. The van der Waals surface area contributed by atoms with Crippen LogP contribution in [0.3, 0.4) is 0 Å². The van der Waals surface area contributed by atoms with Gasteiger partial charge in [-0.3, -0.25) is 0 Å². The molecule has 0 radical (unpaired) electrons. The highest BCUT2D eigenvalue weighted by molar-refractivity contribution is 7.92. The molecule has 0 spiro atoms. The largest absolute Gasteiger partial charge is 0.398 e. The van der Waals surface area contributed by atoms with E-state index >= 15 is 0 Å². The van der Waals surface area contributed by atoms with Crippen molar-refractivity contribution in [1.29, 1.82) is 0 Å². The highest BCUT2D eigenvalue weighted by Gasteiger charge is 2.19. The van der Waals surface area contributed by atoms with E-state index < -0.39 is 10.0 Å². The van der Waals surface area contributed by atoms with Crippen LogP contribution in [0.5, 0.6) is 0 Å². The molecule has 106 valence electrons. The van der Waals surface area contributed by atoms with Crippen molar-refractivity contribution >= 4 is 44.9 Å². The van der Waals surface area contributed by atoms with Gasteiger partial charge >= 0.3 is 0 Å². The summed E-state index contributed by atoms with van der Waals surface area (Å²) in [5, 5.41) is 0.386. The minimum absolute atomic E-state index is 0.0700. The average Bonchev–Trinajstić information content (AvgIpc) is 2.30. The smallest absolute Gasteiger partial charge is 0.266 e. The van der Waals surface area contributed by atoms with E-state index in [4.69, 9.17) is 28.9 Å². The molecule has 2 rings (SSSR count). The van der Waals surface area contributed by atoms with Crippen molar-refractivity contribution in [2.24, 2.45) is 0 Å². The fraction of sp³-hybridized carbons (Fsp3) is 0.0909. The zero-order valence-electron chi connectivity index (χ0n) is 10.3. The maximum Gasteiger partial charge on any atom is 0.266 e. The van der Waals surface area contributed by atoms with Gasteiger partial charge in [-0.05, 0) is 31.2 Å². The molecule has 20 heavy (non-hydrogen) atoms. The second-order valence-electron chi connectivity index (χ2n) is 3.94. The Labute approximate surface area is 126 Å². The van der Waals surface area contributed by atoms with Gasteiger partial charge in [-0.25, -0.2) is 23.1 Å². The van der Waals surface area contributed by atoms with Crippen LogP contribution >= 0.6 is 23.2 Å². The Bertz CT molecular complexity index is 745. The van der Waals surface area contributed by atoms with E-state index in [1.165, 1.54) is 24.3 Å². The Morgan fingerprint density at radius 1 is 1.20 bits per heavy atom. The van der Waals surface area contributed by atoms with Crippen LogP contribution in [0.4, 0.5) is 11.6 Å². The zero-order valence-corrected chi connectivity index (χ0v) is 12.6. The molecule has 0 unspecified atom stereocenters. The Hall–Kier alpha value is -1.57. The lowest BCUT2D eigenvalue weighted by atomic mass is 10.3. The summed E-state index contributed by atoms with van der Waals surface area (Å²) in [7, 11) is -3.94. The van der Waals surface area contributed by atoms with Crippen molar-refractivity contribution in [1.82, 2.24) is 9.97 Å². The van der Waals surface area contributed by atoms with Gasteiger partial charge in [-0.2, -0.15) is 0 Å². The third-order valence-corrected chi connectivity index (χ3v) is 4.13. The van der Waals surface area contributed by atoms with Crippen molar-refractivity contribution in [3.05, 3.63) is 40.1 Å². The first kappa shape index (κ1) is 14.8. The van der Waals surface area contributed by atoms with Crippen LogP contribution in [0.2, 0.25) is 10.2 Å². The number of nitrogens with zero attached hydrogens (tertiary/aromatic N) is 2. The fourth-order valence-corrected chi connectivity index (χ4v) is 3.07. The summed E-state index contributed by atoms with van der Waals surface area (Å²) in [5.41, 5.74) is 6.24. The maximum atomic E-state index is 12.2. The van der Waals surface area contributed by atoms with Crippen LogP contribution in [0.15, 0.2) is 29.2 Å². The highest BCUT2D eigenvalue weighted by atomic mass is 35.5. The molecule has 0 saturated carbocycles. The van der Waals surface area contributed by atoms with Crippen molar-refractivity contribution in [3.8, 4) is 0 Å². The van der Waals surface area contributed by atoms with Gasteiger partial charge in [0.25, 0.3) is 10.0 Å². The number of aryl methyl sites for hydroxylation is 1. The zero-order chi connectivity index (χ0) is 14.9. The first-order valence-electron chi connectivity index (χ1n) is 5.37. The molecule has 6 nitrogen and oxygen atoms in total. The molecule has 9 heteroatoms. The molecule has 0 atom stereocenters. The standard InChI is InChI=1S/C11H10Cl2N4O2S/c1-6-4-10(13)16-11(15-6)17-20(18,19)9-5-7(12)2-3-8(9)14/h2-5H,14H2,1H3,(H,15,16,17). The molecular formula is C11H10Cl2N4O2S. The van der Waals surface area contributed by atoms with Crippen LogP contribution in [0.1, 0.15) is 5.69 Å². The van der Waals surface area contributed by atoms with E-state index in [0.717, 1.165) is 0 Å². The molecule has 1 heterocycles. The Kier molecular flexibility index (Phi) is 4.03. The lowest BCUT2D eigenvalue weighted by Crippen LogP contribution is -2.17. The van der Waals surface area contributed by atoms with Crippen LogP contribution in [-0.2, 0) is 10.0 Å². The fourth-order valence-electron chi connectivity index (χ4n) is 1.49. The summed E-state index contributed by atoms with van der Waals surface area (Å²) in [6, 6.07) is 5.65. The lowest BCUT2D eigenvalue weighted by molar-refractivity contribution is 0.601. The normalized spacial score (nSPS) is 11.3. The quantitative estimate of drug-likeness (QED) is 0.664. The van der Waals surface area contributed by atoms with Crippen LogP contribution in [0, 0.1) is 6.92 Å². The molecule has 0 aliphatic carbocycles. The first-order valence-corrected chi connectivity index (χ1v) is 7.61. The predicted molar refractivity (Wildman–Crippen MR) is 78.5 cm³/mol. The summed E-state index contributed by atoms with van der Waals surface area (Å²) in [4.78, 5) is 7.58. The summed E-state index contributed by atoms with van der Waals surface area (Å²) in [6.07, 6.45) is 0. The molecule has 2 aromatic rings. The molecule has 1 aromatic heterocycles. The van der Waals surface area contributed by atoms with Gasteiger partial charge in [0.15, 0.2) is 0 Å². The third-order valence-electron chi connectivity index (χ3n) is 2.31. The predicted octanol–water partition coefficient (Wildman–Crippen LogP) is 2.47. The third kappa shape index (κ3) is 3.30. The minimum atomic E-state index is -3.94.